The molecule has 5 rings (SSSR count). The van der Waals surface area contributed by atoms with Gasteiger partial charge in [-0.2, -0.15) is 5.10 Å². The number of carbonyl (C=O) groups excluding carboxylic acids is 2. The first-order valence-corrected chi connectivity index (χ1v) is 11.9. The summed E-state index contributed by atoms with van der Waals surface area (Å²) in [6.45, 7) is 7.45. The minimum Gasteiger partial charge on any atom is -0.454 e. The Morgan fingerprint density at radius 1 is 1.06 bits per heavy atom. The van der Waals surface area contributed by atoms with E-state index in [1.165, 1.54) is 0 Å². The molecule has 8 nitrogen and oxygen atoms in total. The summed E-state index contributed by atoms with van der Waals surface area (Å²) in [5, 5.41) is 8.02. The van der Waals surface area contributed by atoms with E-state index < -0.39 is 17.6 Å². The number of nitrogens with zero attached hydrogens (tertiary/aromatic N) is 4. The average molecular weight is 482 g/mol. The number of esters is 1. The lowest BCUT2D eigenvalue weighted by atomic mass is 9.89. The van der Waals surface area contributed by atoms with Crippen molar-refractivity contribution in [2.75, 3.05) is 0 Å². The molecule has 36 heavy (non-hydrogen) atoms. The maximum Gasteiger partial charge on any atom is 0.341 e. The number of benzene rings is 2. The van der Waals surface area contributed by atoms with E-state index in [0.29, 0.717) is 11.2 Å². The number of para-hydroxylation sites is 2. The van der Waals surface area contributed by atoms with Gasteiger partial charge in [-0.05, 0) is 44.0 Å². The van der Waals surface area contributed by atoms with Crippen LogP contribution in [0.15, 0.2) is 78.0 Å². The van der Waals surface area contributed by atoms with E-state index in [-0.39, 0.29) is 23.2 Å². The lowest BCUT2D eigenvalue weighted by Crippen LogP contribution is -2.41. The summed E-state index contributed by atoms with van der Waals surface area (Å²) in [6.07, 6.45) is 2.96. The second-order valence-corrected chi connectivity index (χ2v) is 9.40. The van der Waals surface area contributed by atoms with E-state index in [9.17, 15) is 9.59 Å². The molecule has 0 spiro atoms. The monoisotopic (exact) mass is 481 g/mol. The Morgan fingerprint density at radius 3 is 2.50 bits per heavy atom. The number of fused-ring (bicyclic) bond motifs is 1. The molecule has 0 saturated heterocycles. The minimum atomic E-state index is -0.941. The standard InChI is InChI=1S/C28H27N5O3/c1-17(2)28(4)27(35)31-25(32-28)24-22(14-19-10-8-9-13-23(19)30-24)26(34)36-18(3)20-15-29-33(16-20)21-11-6-5-7-12-21/h5-18H,1-4H3,(H,31,32,35). The molecular weight excluding hydrogens is 454 g/mol. The van der Waals surface area contributed by atoms with Crippen molar-refractivity contribution in [3.05, 3.63) is 89.9 Å². The van der Waals surface area contributed by atoms with Gasteiger partial charge in [-0.15, -0.1) is 0 Å². The first-order chi connectivity index (χ1) is 17.3. The number of nitrogens with one attached hydrogen (secondary N) is 1. The molecule has 0 saturated carbocycles. The fourth-order valence-corrected chi connectivity index (χ4v) is 4.06. The summed E-state index contributed by atoms with van der Waals surface area (Å²) < 4.78 is 7.58. The Bertz CT molecular complexity index is 1490. The molecule has 2 unspecified atom stereocenters. The van der Waals surface area contributed by atoms with Crippen LogP contribution in [0.3, 0.4) is 0 Å². The molecule has 0 aliphatic carbocycles. The van der Waals surface area contributed by atoms with Gasteiger partial charge in [-0.3, -0.25) is 4.79 Å². The van der Waals surface area contributed by atoms with Crippen LogP contribution in [0.25, 0.3) is 16.6 Å². The number of amidine groups is 1. The summed E-state index contributed by atoms with van der Waals surface area (Å²) in [4.78, 5) is 35.6. The zero-order chi connectivity index (χ0) is 25.4. The lowest BCUT2D eigenvalue weighted by Gasteiger charge is -2.21. The highest BCUT2D eigenvalue weighted by molar-refractivity contribution is 6.18. The van der Waals surface area contributed by atoms with Gasteiger partial charge in [0.1, 0.15) is 17.3 Å². The lowest BCUT2D eigenvalue weighted by molar-refractivity contribution is -0.124. The summed E-state index contributed by atoms with van der Waals surface area (Å²) in [7, 11) is 0. The van der Waals surface area contributed by atoms with Crippen molar-refractivity contribution in [2.24, 2.45) is 10.9 Å². The molecule has 8 heteroatoms. The Morgan fingerprint density at radius 2 is 1.78 bits per heavy atom. The van der Waals surface area contributed by atoms with Crippen LogP contribution < -0.4 is 5.32 Å². The Balaban J connectivity index is 1.49. The van der Waals surface area contributed by atoms with E-state index in [1.807, 2.05) is 74.6 Å². The van der Waals surface area contributed by atoms with Crippen LogP contribution in [0.4, 0.5) is 0 Å². The molecular formula is C28H27N5O3. The van der Waals surface area contributed by atoms with Gasteiger partial charge in [0, 0.05) is 17.1 Å². The predicted molar refractivity (Wildman–Crippen MR) is 137 cm³/mol. The normalized spacial score (nSPS) is 18.2. The van der Waals surface area contributed by atoms with Crippen LogP contribution >= 0.6 is 0 Å². The molecule has 0 radical (unpaired) electrons. The topological polar surface area (TPSA) is 98.5 Å². The molecule has 0 fully saturated rings. The molecule has 182 valence electrons. The Labute approximate surface area is 209 Å². The third kappa shape index (κ3) is 4.15. The number of amides is 1. The molecule has 1 amide bonds. The van der Waals surface area contributed by atoms with Gasteiger partial charge < -0.3 is 10.1 Å². The quantitative estimate of drug-likeness (QED) is 0.405. The predicted octanol–water partition coefficient (Wildman–Crippen LogP) is 4.63. The molecule has 1 N–H and O–H groups in total. The van der Waals surface area contributed by atoms with Crippen molar-refractivity contribution < 1.29 is 14.3 Å². The first kappa shape index (κ1) is 23.4. The van der Waals surface area contributed by atoms with Gasteiger partial charge in [0.15, 0.2) is 5.84 Å². The third-order valence-corrected chi connectivity index (χ3v) is 6.70. The summed E-state index contributed by atoms with van der Waals surface area (Å²) in [6, 6.07) is 18.9. The number of hydrogen-bond acceptors (Lipinski definition) is 6. The molecule has 2 aromatic carbocycles. The highest BCUT2D eigenvalue weighted by Crippen LogP contribution is 2.29. The number of hydrogen-bond donors (Lipinski definition) is 1. The highest BCUT2D eigenvalue weighted by atomic mass is 16.5. The zero-order valence-corrected chi connectivity index (χ0v) is 20.6. The van der Waals surface area contributed by atoms with Crippen molar-refractivity contribution in [1.82, 2.24) is 20.1 Å². The molecule has 4 aromatic rings. The Hall–Kier alpha value is -4.33. The summed E-state index contributed by atoms with van der Waals surface area (Å²) in [5.41, 5.74) is 1.94. The van der Waals surface area contributed by atoms with E-state index >= 15 is 0 Å². The number of pyridine rings is 1. The first-order valence-electron chi connectivity index (χ1n) is 11.9. The van der Waals surface area contributed by atoms with Gasteiger partial charge in [-0.1, -0.05) is 50.2 Å². The van der Waals surface area contributed by atoms with Crippen LogP contribution in [0.5, 0.6) is 0 Å². The van der Waals surface area contributed by atoms with E-state index in [2.05, 4.69) is 15.4 Å². The molecule has 2 atom stereocenters. The molecule has 0 bridgehead atoms. The molecule has 1 aliphatic rings. The maximum absolute atomic E-state index is 13.4. The number of carbonyl (C=O) groups is 2. The van der Waals surface area contributed by atoms with Gasteiger partial charge >= 0.3 is 5.97 Å². The van der Waals surface area contributed by atoms with E-state index in [1.54, 1.807) is 30.8 Å². The van der Waals surface area contributed by atoms with Crippen LogP contribution in [-0.4, -0.2) is 38.0 Å². The van der Waals surface area contributed by atoms with E-state index in [0.717, 1.165) is 16.6 Å². The van der Waals surface area contributed by atoms with Gasteiger partial charge in [0.2, 0.25) is 0 Å². The van der Waals surface area contributed by atoms with Crippen LogP contribution in [0, 0.1) is 5.92 Å². The van der Waals surface area contributed by atoms with Gasteiger partial charge in [0.25, 0.3) is 5.91 Å². The summed E-state index contributed by atoms with van der Waals surface area (Å²) >= 11 is 0. The fourth-order valence-electron chi connectivity index (χ4n) is 4.06. The van der Waals surface area contributed by atoms with Crippen LogP contribution in [0.2, 0.25) is 0 Å². The van der Waals surface area contributed by atoms with Crippen molar-refractivity contribution in [2.45, 2.75) is 39.3 Å². The van der Waals surface area contributed by atoms with Crippen molar-refractivity contribution in [3.8, 4) is 5.69 Å². The maximum atomic E-state index is 13.4. The Kier molecular flexibility index (Phi) is 5.88. The highest BCUT2D eigenvalue weighted by Gasteiger charge is 2.43. The van der Waals surface area contributed by atoms with E-state index in [4.69, 9.17) is 9.72 Å². The number of aliphatic imine (C=N–C) groups is 1. The number of aromatic nitrogens is 3. The summed E-state index contributed by atoms with van der Waals surface area (Å²) in [5.74, 6) is -0.535. The van der Waals surface area contributed by atoms with Crippen molar-refractivity contribution in [1.29, 1.82) is 0 Å². The third-order valence-electron chi connectivity index (χ3n) is 6.70. The second kappa shape index (κ2) is 9.03. The number of rotatable bonds is 6. The minimum absolute atomic E-state index is 0.0352. The molecule has 1 aliphatic heterocycles. The molecule has 2 aromatic heterocycles. The smallest absolute Gasteiger partial charge is 0.341 e. The zero-order valence-electron chi connectivity index (χ0n) is 20.6. The average Bonchev–Trinajstić information content (AvgIpc) is 3.49. The van der Waals surface area contributed by atoms with Crippen molar-refractivity contribution >= 4 is 28.6 Å². The number of ether oxygens (including phenoxy) is 1. The van der Waals surface area contributed by atoms with Gasteiger partial charge in [0.05, 0.1) is 23.0 Å². The fraction of sp³-hybridized carbons (Fsp3) is 0.250. The largest absolute Gasteiger partial charge is 0.454 e. The SMILES string of the molecule is CC(OC(=O)c1cc2ccccc2nc1C1=NC(C)(C(C)C)C(=O)N1)c1cnn(-c2ccccc2)c1. The van der Waals surface area contributed by atoms with Crippen molar-refractivity contribution in [3.63, 3.8) is 0 Å². The molecule has 3 heterocycles. The second-order valence-electron chi connectivity index (χ2n) is 9.40. The van der Waals surface area contributed by atoms with Crippen LogP contribution in [0.1, 0.15) is 55.4 Å². The van der Waals surface area contributed by atoms with Crippen LogP contribution in [-0.2, 0) is 9.53 Å². The van der Waals surface area contributed by atoms with Gasteiger partial charge in [-0.25, -0.2) is 19.5 Å².